The van der Waals surface area contributed by atoms with Crippen LogP contribution in [0.3, 0.4) is 0 Å². The Labute approximate surface area is 126 Å². The Morgan fingerprint density at radius 1 is 1.11 bits per heavy atom. The van der Waals surface area contributed by atoms with Crippen molar-refractivity contribution in [3.05, 3.63) is 62.8 Å². The van der Waals surface area contributed by atoms with Crippen molar-refractivity contribution in [3.8, 4) is 5.75 Å². The highest BCUT2D eigenvalue weighted by Crippen LogP contribution is 2.32. The van der Waals surface area contributed by atoms with Crippen molar-refractivity contribution in [1.29, 1.82) is 0 Å². The van der Waals surface area contributed by atoms with Crippen LogP contribution < -0.4 is 4.74 Å². The molecule has 0 atom stereocenters. The van der Waals surface area contributed by atoms with Crippen LogP contribution in [0.25, 0.3) is 0 Å². The number of carbonyl (C=O) groups is 1. The van der Waals surface area contributed by atoms with Gasteiger partial charge in [-0.2, -0.15) is 0 Å². The summed E-state index contributed by atoms with van der Waals surface area (Å²) in [6.07, 6.45) is 0. The number of ether oxygens (including phenoxy) is 1. The maximum Gasteiger partial charge on any atom is 0.200 e. The van der Waals surface area contributed by atoms with E-state index in [4.69, 9.17) is 4.74 Å². The fourth-order valence-corrected chi connectivity index (χ4v) is 2.73. The van der Waals surface area contributed by atoms with Crippen LogP contribution in [0.4, 0.5) is 4.39 Å². The van der Waals surface area contributed by atoms with Crippen LogP contribution >= 0.6 is 31.9 Å². The molecule has 5 heteroatoms. The number of para-hydroxylation sites is 1. The molecule has 0 aliphatic rings. The van der Waals surface area contributed by atoms with Crippen molar-refractivity contribution in [1.82, 2.24) is 0 Å². The number of hydrogen-bond donors (Lipinski definition) is 0. The van der Waals surface area contributed by atoms with E-state index in [1.165, 1.54) is 18.2 Å². The molecule has 0 spiro atoms. The average Bonchev–Trinajstić information content (AvgIpc) is 2.38. The summed E-state index contributed by atoms with van der Waals surface area (Å²) in [5.74, 6) is -0.165. The van der Waals surface area contributed by atoms with E-state index in [2.05, 4.69) is 31.9 Å². The van der Waals surface area contributed by atoms with E-state index in [0.29, 0.717) is 11.3 Å². The molecule has 2 aromatic rings. The monoisotopic (exact) mass is 386 g/mol. The van der Waals surface area contributed by atoms with E-state index in [1.807, 2.05) is 18.2 Å². The summed E-state index contributed by atoms with van der Waals surface area (Å²) >= 11 is 6.68. The van der Waals surface area contributed by atoms with Gasteiger partial charge in [0.25, 0.3) is 0 Å². The van der Waals surface area contributed by atoms with Crippen molar-refractivity contribution in [3.63, 3.8) is 0 Å². The highest BCUT2D eigenvalue weighted by Gasteiger charge is 2.11. The van der Waals surface area contributed by atoms with E-state index in [1.54, 1.807) is 6.07 Å². The van der Waals surface area contributed by atoms with E-state index in [0.717, 1.165) is 8.95 Å². The molecule has 2 rings (SSSR count). The molecule has 19 heavy (non-hydrogen) atoms. The molecule has 0 saturated carbocycles. The summed E-state index contributed by atoms with van der Waals surface area (Å²) < 4.78 is 20.0. The molecule has 0 aromatic heterocycles. The zero-order valence-corrected chi connectivity index (χ0v) is 12.9. The fourth-order valence-electron chi connectivity index (χ4n) is 1.50. The normalized spacial score (nSPS) is 10.3. The van der Waals surface area contributed by atoms with Crippen LogP contribution in [0, 0.1) is 5.82 Å². The Bertz CT molecular complexity index is 594. The third-order valence-electron chi connectivity index (χ3n) is 2.41. The smallest absolute Gasteiger partial charge is 0.200 e. The Morgan fingerprint density at radius 2 is 1.74 bits per heavy atom. The first-order valence-electron chi connectivity index (χ1n) is 5.43. The molecule has 0 saturated heterocycles. The van der Waals surface area contributed by atoms with Crippen molar-refractivity contribution in [2.24, 2.45) is 0 Å². The third kappa shape index (κ3) is 3.64. The standard InChI is InChI=1S/C14H9Br2FO2/c15-11-5-2-6-12(16)14(11)19-8-13(18)9-3-1-4-10(17)7-9/h1-7H,8H2. The summed E-state index contributed by atoms with van der Waals surface area (Å²) in [7, 11) is 0. The molecule has 0 radical (unpaired) electrons. The lowest BCUT2D eigenvalue weighted by atomic mass is 10.1. The van der Waals surface area contributed by atoms with Gasteiger partial charge in [0.15, 0.2) is 12.4 Å². The molecule has 0 N–H and O–H groups in total. The lowest BCUT2D eigenvalue weighted by Gasteiger charge is -2.09. The van der Waals surface area contributed by atoms with E-state index >= 15 is 0 Å². The van der Waals surface area contributed by atoms with Crippen molar-refractivity contribution >= 4 is 37.6 Å². The minimum Gasteiger partial charge on any atom is -0.483 e. The van der Waals surface area contributed by atoms with Gasteiger partial charge < -0.3 is 4.74 Å². The van der Waals surface area contributed by atoms with Gasteiger partial charge >= 0.3 is 0 Å². The van der Waals surface area contributed by atoms with Crippen LogP contribution in [0.2, 0.25) is 0 Å². The highest BCUT2D eigenvalue weighted by molar-refractivity contribution is 9.11. The van der Waals surface area contributed by atoms with Gasteiger partial charge in [0.2, 0.25) is 0 Å². The lowest BCUT2D eigenvalue weighted by Crippen LogP contribution is -2.12. The number of Topliss-reactive ketones (excluding diaryl/α,β-unsaturated/α-hetero) is 1. The molecule has 2 nitrogen and oxygen atoms in total. The first kappa shape index (κ1) is 14.2. The number of benzene rings is 2. The minimum absolute atomic E-state index is 0.148. The zero-order valence-electron chi connectivity index (χ0n) is 9.70. The first-order valence-corrected chi connectivity index (χ1v) is 7.02. The topological polar surface area (TPSA) is 26.3 Å². The second-order valence-electron chi connectivity index (χ2n) is 3.77. The zero-order chi connectivity index (χ0) is 13.8. The predicted molar refractivity (Wildman–Crippen MR) is 78.1 cm³/mol. The third-order valence-corrected chi connectivity index (χ3v) is 3.66. The minimum atomic E-state index is -0.437. The first-order chi connectivity index (χ1) is 9.08. The quantitative estimate of drug-likeness (QED) is 0.716. The SMILES string of the molecule is O=C(COc1c(Br)cccc1Br)c1cccc(F)c1. The number of ketones is 1. The molecule has 0 amide bonds. The van der Waals surface area contributed by atoms with Crippen LogP contribution in [-0.4, -0.2) is 12.4 Å². The molecule has 98 valence electrons. The molecule has 0 fully saturated rings. The number of halogens is 3. The van der Waals surface area contributed by atoms with Gasteiger partial charge in [0, 0.05) is 5.56 Å². The summed E-state index contributed by atoms with van der Waals surface area (Å²) in [6, 6.07) is 11.0. The van der Waals surface area contributed by atoms with Crippen molar-refractivity contribution in [2.75, 3.05) is 6.61 Å². The number of hydrogen-bond acceptors (Lipinski definition) is 2. The lowest BCUT2D eigenvalue weighted by molar-refractivity contribution is 0.0920. The molecular formula is C14H9Br2FO2. The summed E-state index contributed by atoms with van der Waals surface area (Å²) in [4.78, 5) is 11.9. The van der Waals surface area contributed by atoms with Gasteiger partial charge in [0.1, 0.15) is 11.6 Å². The number of carbonyl (C=O) groups excluding carboxylic acids is 1. The van der Waals surface area contributed by atoms with Crippen molar-refractivity contribution < 1.29 is 13.9 Å². The average molecular weight is 388 g/mol. The molecule has 0 aliphatic carbocycles. The summed E-state index contributed by atoms with van der Waals surface area (Å²) in [5, 5.41) is 0. The maximum atomic E-state index is 13.0. The van der Waals surface area contributed by atoms with Crippen LogP contribution in [-0.2, 0) is 0 Å². The molecule has 0 bridgehead atoms. The maximum absolute atomic E-state index is 13.0. The van der Waals surface area contributed by atoms with Gasteiger partial charge in [-0.25, -0.2) is 4.39 Å². The highest BCUT2D eigenvalue weighted by atomic mass is 79.9. The molecule has 0 unspecified atom stereocenters. The second-order valence-corrected chi connectivity index (χ2v) is 5.48. The van der Waals surface area contributed by atoms with Gasteiger partial charge in [-0.1, -0.05) is 18.2 Å². The van der Waals surface area contributed by atoms with E-state index in [-0.39, 0.29) is 12.4 Å². The molecule has 0 heterocycles. The second kappa shape index (κ2) is 6.30. The predicted octanol–water partition coefficient (Wildman–Crippen LogP) is 4.61. The Balaban J connectivity index is 2.09. The van der Waals surface area contributed by atoms with Crippen molar-refractivity contribution in [2.45, 2.75) is 0 Å². The molecular weight excluding hydrogens is 379 g/mol. The van der Waals surface area contributed by atoms with E-state index < -0.39 is 5.82 Å². The summed E-state index contributed by atoms with van der Waals surface area (Å²) in [5.41, 5.74) is 0.295. The Hall–Kier alpha value is -1.20. The Morgan fingerprint density at radius 3 is 2.37 bits per heavy atom. The molecule has 2 aromatic carbocycles. The van der Waals surface area contributed by atoms with Crippen LogP contribution in [0.1, 0.15) is 10.4 Å². The van der Waals surface area contributed by atoms with E-state index in [9.17, 15) is 9.18 Å². The fraction of sp³-hybridized carbons (Fsp3) is 0.0714. The van der Waals surface area contributed by atoms with Gasteiger partial charge in [-0.05, 0) is 56.1 Å². The van der Waals surface area contributed by atoms with Crippen LogP contribution in [0.15, 0.2) is 51.4 Å². The molecule has 0 aliphatic heterocycles. The van der Waals surface area contributed by atoms with Gasteiger partial charge in [-0.3, -0.25) is 4.79 Å². The Kier molecular flexibility index (Phi) is 4.71. The van der Waals surface area contributed by atoms with Gasteiger partial charge in [0.05, 0.1) is 8.95 Å². The number of rotatable bonds is 4. The van der Waals surface area contributed by atoms with Crippen LogP contribution in [0.5, 0.6) is 5.75 Å². The summed E-state index contributed by atoms with van der Waals surface area (Å²) in [6.45, 7) is -0.148. The largest absolute Gasteiger partial charge is 0.483 e. The van der Waals surface area contributed by atoms with Gasteiger partial charge in [-0.15, -0.1) is 0 Å².